The second-order valence-corrected chi connectivity index (χ2v) is 6.61. The quantitative estimate of drug-likeness (QED) is 0.658. The highest BCUT2D eigenvalue weighted by molar-refractivity contribution is 5.90. The molecule has 1 N–H and O–H groups in total. The summed E-state index contributed by atoms with van der Waals surface area (Å²) in [6, 6.07) is 15.0. The molecule has 3 atom stereocenters. The van der Waals surface area contributed by atoms with E-state index in [1.165, 1.54) is 0 Å². The van der Waals surface area contributed by atoms with Crippen LogP contribution in [0.15, 0.2) is 53.5 Å². The Bertz CT molecular complexity index is 881. The molecule has 0 bridgehead atoms. The summed E-state index contributed by atoms with van der Waals surface area (Å²) in [4.78, 5) is 17.8. The lowest BCUT2D eigenvalue weighted by Crippen LogP contribution is -2.51. The minimum absolute atomic E-state index is 0.0490. The Morgan fingerprint density at radius 1 is 1.19 bits per heavy atom. The Morgan fingerprint density at radius 2 is 1.93 bits per heavy atom. The van der Waals surface area contributed by atoms with Gasteiger partial charge in [0.2, 0.25) is 0 Å². The molecule has 2 aromatic rings. The minimum Gasteiger partial charge on any atom is -0.481 e. The average Bonchev–Trinajstić information content (AvgIpc) is 3.04. The summed E-state index contributed by atoms with van der Waals surface area (Å²) >= 11 is 0. The van der Waals surface area contributed by atoms with Crippen molar-refractivity contribution >= 4 is 23.0 Å². The third kappa shape index (κ3) is 2.89. The molecule has 2 aliphatic heterocycles. The Morgan fingerprint density at radius 3 is 2.59 bits per heavy atom. The Labute approximate surface area is 157 Å². The van der Waals surface area contributed by atoms with Crippen LogP contribution in [0.4, 0.5) is 17.1 Å². The number of nitrogens with one attached hydrogen (secondary N) is 1. The molecular weight excluding hydrogens is 344 g/mol. The van der Waals surface area contributed by atoms with E-state index < -0.39 is 0 Å². The van der Waals surface area contributed by atoms with Crippen LogP contribution in [0.3, 0.4) is 0 Å². The first-order chi connectivity index (χ1) is 13.1. The molecule has 0 saturated carbocycles. The van der Waals surface area contributed by atoms with Gasteiger partial charge in [-0.3, -0.25) is 10.1 Å². The summed E-state index contributed by atoms with van der Waals surface area (Å²) in [5.41, 5.74) is 3.26. The summed E-state index contributed by atoms with van der Waals surface area (Å²) in [5, 5.41) is 14.5. The van der Waals surface area contributed by atoms with E-state index in [-0.39, 0.29) is 28.7 Å². The van der Waals surface area contributed by atoms with E-state index in [4.69, 9.17) is 9.73 Å². The van der Waals surface area contributed by atoms with Crippen LogP contribution in [0.2, 0.25) is 0 Å². The Hall–Kier alpha value is -3.09. The fourth-order valence-corrected chi connectivity index (χ4v) is 4.06. The zero-order chi connectivity index (χ0) is 19.0. The van der Waals surface area contributed by atoms with Gasteiger partial charge in [-0.25, -0.2) is 4.99 Å². The number of aliphatic imine (C=N–C) groups is 1. The molecule has 27 heavy (non-hydrogen) atoms. The van der Waals surface area contributed by atoms with Crippen molar-refractivity contribution in [1.29, 1.82) is 0 Å². The number of ether oxygens (including phenoxy) is 1. The highest BCUT2D eigenvalue weighted by atomic mass is 16.6. The number of nitro benzene ring substituents is 1. The fraction of sp³-hybridized carbons (Fsp3) is 0.350. The van der Waals surface area contributed by atoms with Crippen LogP contribution in [-0.4, -0.2) is 36.2 Å². The summed E-state index contributed by atoms with van der Waals surface area (Å²) in [6.07, 6.45) is -0.124. The standard InChI is InChI=1S/C20H22N4O3/c1-3-23-16-8-6-5-7-15(16)21-19-18(23)17(20(22-19)27-4-2)13-9-11-14(12-10-13)24(25)26/h5-12,17-19,21H,3-4H2,1-2H3/t17-,18-,19+/m1/s1. The first kappa shape index (κ1) is 17.3. The predicted octanol–water partition coefficient (Wildman–Crippen LogP) is 3.77. The van der Waals surface area contributed by atoms with Crippen molar-refractivity contribution in [2.75, 3.05) is 23.4 Å². The highest BCUT2D eigenvalue weighted by Gasteiger charge is 2.47. The summed E-state index contributed by atoms with van der Waals surface area (Å²) < 4.78 is 5.88. The molecule has 0 aliphatic carbocycles. The Kier molecular flexibility index (Phi) is 4.43. The SMILES string of the molecule is CCOC1=N[C@@H]2Nc3ccccc3N(CC)[C@@H]2[C@H]1c1ccc([N+](=O)[O-])cc1. The number of nitro groups is 1. The molecule has 0 unspecified atom stereocenters. The maximum Gasteiger partial charge on any atom is 0.269 e. The Balaban J connectivity index is 1.77. The number of para-hydroxylation sites is 2. The highest BCUT2D eigenvalue weighted by Crippen LogP contribution is 2.43. The smallest absolute Gasteiger partial charge is 0.269 e. The lowest BCUT2D eigenvalue weighted by atomic mass is 9.88. The van der Waals surface area contributed by atoms with E-state index in [1.54, 1.807) is 12.1 Å². The first-order valence-corrected chi connectivity index (χ1v) is 9.21. The van der Waals surface area contributed by atoms with Gasteiger partial charge in [0.25, 0.3) is 5.69 Å². The molecule has 7 nitrogen and oxygen atoms in total. The van der Waals surface area contributed by atoms with Crippen LogP contribution in [0, 0.1) is 10.1 Å². The minimum atomic E-state index is -0.379. The number of anilines is 2. The summed E-state index contributed by atoms with van der Waals surface area (Å²) in [7, 11) is 0. The zero-order valence-corrected chi connectivity index (χ0v) is 15.3. The zero-order valence-electron chi connectivity index (χ0n) is 15.3. The van der Waals surface area contributed by atoms with Crippen molar-refractivity contribution in [2.24, 2.45) is 4.99 Å². The average molecular weight is 366 g/mol. The van der Waals surface area contributed by atoms with Crippen LogP contribution < -0.4 is 10.2 Å². The van der Waals surface area contributed by atoms with Crippen LogP contribution in [-0.2, 0) is 4.74 Å². The molecule has 2 aliphatic rings. The van der Waals surface area contributed by atoms with E-state index >= 15 is 0 Å². The molecule has 0 saturated heterocycles. The number of non-ortho nitro benzene ring substituents is 1. The number of nitrogens with zero attached hydrogens (tertiary/aromatic N) is 3. The second kappa shape index (κ2) is 6.90. The van der Waals surface area contributed by atoms with E-state index in [9.17, 15) is 10.1 Å². The second-order valence-electron chi connectivity index (χ2n) is 6.61. The van der Waals surface area contributed by atoms with Gasteiger partial charge in [0.1, 0.15) is 6.17 Å². The number of likely N-dealkylation sites (N-methyl/N-ethyl adjacent to an activating group) is 1. The van der Waals surface area contributed by atoms with Crippen molar-refractivity contribution in [2.45, 2.75) is 32.0 Å². The number of hydrogen-bond acceptors (Lipinski definition) is 6. The van der Waals surface area contributed by atoms with Crippen molar-refractivity contribution in [3.8, 4) is 0 Å². The maximum atomic E-state index is 11.0. The molecule has 0 fully saturated rings. The van der Waals surface area contributed by atoms with E-state index in [0.717, 1.165) is 23.5 Å². The van der Waals surface area contributed by atoms with Crippen LogP contribution >= 0.6 is 0 Å². The third-order valence-electron chi connectivity index (χ3n) is 5.17. The molecule has 7 heteroatoms. The van der Waals surface area contributed by atoms with Gasteiger partial charge >= 0.3 is 0 Å². The van der Waals surface area contributed by atoms with Crippen LogP contribution in [0.1, 0.15) is 25.3 Å². The molecule has 2 heterocycles. The van der Waals surface area contributed by atoms with E-state index in [1.807, 2.05) is 31.2 Å². The fourth-order valence-electron chi connectivity index (χ4n) is 4.06. The van der Waals surface area contributed by atoms with Gasteiger partial charge in [-0.2, -0.15) is 0 Å². The van der Waals surface area contributed by atoms with Crippen molar-refractivity contribution in [3.63, 3.8) is 0 Å². The van der Waals surface area contributed by atoms with Gasteiger partial charge < -0.3 is 15.0 Å². The molecule has 140 valence electrons. The summed E-state index contributed by atoms with van der Waals surface area (Å²) in [6.45, 7) is 5.43. The van der Waals surface area contributed by atoms with Crippen LogP contribution in [0.25, 0.3) is 0 Å². The molecule has 0 spiro atoms. The molecule has 0 radical (unpaired) electrons. The van der Waals surface area contributed by atoms with Crippen LogP contribution in [0.5, 0.6) is 0 Å². The third-order valence-corrected chi connectivity index (χ3v) is 5.17. The van der Waals surface area contributed by atoms with E-state index in [2.05, 4.69) is 29.3 Å². The lowest BCUT2D eigenvalue weighted by Gasteiger charge is -2.42. The first-order valence-electron chi connectivity index (χ1n) is 9.21. The van der Waals surface area contributed by atoms with Crippen molar-refractivity contribution < 1.29 is 9.66 Å². The van der Waals surface area contributed by atoms with Gasteiger partial charge in [0.05, 0.1) is 34.9 Å². The van der Waals surface area contributed by atoms with Gasteiger partial charge in [-0.05, 0) is 31.5 Å². The van der Waals surface area contributed by atoms with Crippen molar-refractivity contribution in [3.05, 3.63) is 64.2 Å². The lowest BCUT2D eigenvalue weighted by molar-refractivity contribution is -0.384. The largest absolute Gasteiger partial charge is 0.481 e. The van der Waals surface area contributed by atoms with Gasteiger partial charge in [0, 0.05) is 18.7 Å². The molecule has 0 amide bonds. The molecule has 2 aromatic carbocycles. The van der Waals surface area contributed by atoms with Crippen molar-refractivity contribution in [1.82, 2.24) is 0 Å². The number of benzene rings is 2. The van der Waals surface area contributed by atoms with Gasteiger partial charge in [0.15, 0.2) is 5.90 Å². The number of hydrogen-bond donors (Lipinski definition) is 1. The monoisotopic (exact) mass is 366 g/mol. The number of rotatable bonds is 4. The number of fused-ring (bicyclic) bond motifs is 2. The van der Waals surface area contributed by atoms with E-state index in [0.29, 0.717) is 12.5 Å². The summed E-state index contributed by atoms with van der Waals surface area (Å²) in [5.74, 6) is 0.594. The van der Waals surface area contributed by atoms with Gasteiger partial charge in [-0.15, -0.1) is 0 Å². The van der Waals surface area contributed by atoms with Gasteiger partial charge in [-0.1, -0.05) is 24.3 Å². The molecular formula is C20H22N4O3. The molecule has 0 aromatic heterocycles. The maximum absolute atomic E-state index is 11.0. The topological polar surface area (TPSA) is 80.0 Å². The normalized spacial score (nSPS) is 23.1. The molecule has 4 rings (SSSR count). The predicted molar refractivity (Wildman–Crippen MR) is 106 cm³/mol.